The lowest BCUT2D eigenvalue weighted by atomic mass is 9.71. The summed E-state index contributed by atoms with van der Waals surface area (Å²) in [4.78, 5) is 0. The zero-order chi connectivity index (χ0) is 23.0. The number of aliphatic hydroxyl groups excluding tert-OH is 2. The van der Waals surface area contributed by atoms with E-state index in [1.807, 2.05) is 32.1 Å². The minimum Gasteiger partial charge on any atom is -0.389 e. The average Bonchev–Trinajstić information content (AvgIpc) is 2.78. The molecule has 0 fully saturated rings. The SMILES string of the molecule is CCc1cc(C(CC)(CC)CCc2ccc(C(O)O)cc2)ccc1/C=C/C(O)C(C)C. The molecule has 170 valence electrons. The van der Waals surface area contributed by atoms with Crippen molar-refractivity contribution in [3.05, 3.63) is 76.4 Å². The van der Waals surface area contributed by atoms with Gasteiger partial charge in [0.2, 0.25) is 0 Å². The third kappa shape index (κ3) is 6.52. The smallest absolute Gasteiger partial charge is 0.178 e. The summed E-state index contributed by atoms with van der Waals surface area (Å²) < 4.78 is 0. The predicted octanol–water partition coefficient (Wildman–Crippen LogP) is 5.95. The number of rotatable bonds is 11. The Hall–Kier alpha value is -1.94. The van der Waals surface area contributed by atoms with Crippen molar-refractivity contribution >= 4 is 6.08 Å². The Balaban J connectivity index is 2.25. The van der Waals surface area contributed by atoms with Crippen molar-refractivity contribution in [2.75, 3.05) is 0 Å². The molecule has 1 unspecified atom stereocenters. The molecule has 1 atom stereocenters. The Morgan fingerprint density at radius 1 is 0.903 bits per heavy atom. The Kier molecular flexibility index (Phi) is 9.49. The van der Waals surface area contributed by atoms with Crippen LogP contribution in [0.15, 0.2) is 48.5 Å². The summed E-state index contributed by atoms with van der Waals surface area (Å²) >= 11 is 0. The van der Waals surface area contributed by atoms with Crippen molar-refractivity contribution in [1.82, 2.24) is 0 Å². The first kappa shape index (κ1) is 25.3. The molecule has 0 aliphatic carbocycles. The van der Waals surface area contributed by atoms with Crippen LogP contribution >= 0.6 is 0 Å². The number of hydrogen-bond donors (Lipinski definition) is 3. The maximum Gasteiger partial charge on any atom is 0.178 e. The molecular weight excluding hydrogens is 384 g/mol. The van der Waals surface area contributed by atoms with Gasteiger partial charge in [0.1, 0.15) is 0 Å². The van der Waals surface area contributed by atoms with E-state index in [-0.39, 0.29) is 11.3 Å². The molecule has 0 amide bonds. The average molecular weight is 425 g/mol. The molecule has 3 heteroatoms. The largest absolute Gasteiger partial charge is 0.389 e. The van der Waals surface area contributed by atoms with Gasteiger partial charge in [-0.3, -0.25) is 0 Å². The van der Waals surface area contributed by atoms with Gasteiger partial charge < -0.3 is 15.3 Å². The van der Waals surface area contributed by atoms with Crippen LogP contribution in [0.25, 0.3) is 6.08 Å². The molecule has 3 N–H and O–H groups in total. The normalized spacial score (nSPS) is 13.5. The highest BCUT2D eigenvalue weighted by Gasteiger charge is 2.28. The van der Waals surface area contributed by atoms with Crippen LogP contribution in [0.1, 0.15) is 88.0 Å². The van der Waals surface area contributed by atoms with E-state index in [2.05, 4.69) is 45.0 Å². The van der Waals surface area contributed by atoms with Gasteiger partial charge in [0.05, 0.1) is 6.10 Å². The van der Waals surface area contributed by atoms with Crippen molar-refractivity contribution in [1.29, 1.82) is 0 Å². The minimum atomic E-state index is -1.42. The summed E-state index contributed by atoms with van der Waals surface area (Å²) in [6.07, 6.45) is 7.22. The van der Waals surface area contributed by atoms with Gasteiger partial charge in [-0.1, -0.05) is 89.2 Å². The van der Waals surface area contributed by atoms with Gasteiger partial charge in [-0.25, -0.2) is 0 Å². The van der Waals surface area contributed by atoms with E-state index in [1.165, 1.54) is 22.3 Å². The van der Waals surface area contributed by atoms with Crippen LogP contribution in [0, 0.1) is 5.92 Å². The topological polar surface area (TPSA) is 60.7 Å². The fraction of sp³-hybridized carbons (Fsp3) is 0.500. The lowest BCUT2D eigenvalue weighted by molar-refractivity contribution is -0.0424. The number of hydrogen-bond acceptors (Lipinski definition) is 3. The van der Waals surface area contributed by atoms with Gasteiger partial charge in [-0.2, -0.15) is 0 Å². The molecule has 0 saturated carbocycles. The number of aryl methyl sites for hydroxylation is 2. The fourth-order valence-corrected chi connectivity index (χ4v) is 4.23. The van der Waals surface area contributed by atoms with Gasteiger partial charge >= 0.3 is 0 Å². The van der Waals surface area contributed by atoms with Crippen LogP contribution in [0.3, 0.4) is 0 Å². The van der Waals surface area contributed by atoms with Crippen LogP contribution in [-0.2, 0) is 18.3 Å². The van der Waals surface area contributed by atoms with Gasteiger partial charge in [0.15, 0.2) is 6.29 Å². The molecule has 2 aromatic rings. The molecule has 31 heavy (non-hydrogen) atoms. The summed E-state index contributed by atoms with van der Waals surface area (Å²) in [5, 5.41) is 28.7. The zero-order valence-corrected chi connectivity index (χ0v) is 19.8. The highest BCUT2D eigenvalue weighted by molar-refractivity contribution is 5.56. The van der Waals surface area contributed by atoms with E-state index < -0.39 is 12.4 Å². The van der Waals surface area contributed by atoms with Crippen LogP contribution < -0.4 is 0 Å². The van der Waals surface area contributed by atoms with Gasteiger partial charge in [-0.15, -0.1) is 0 Å². The Morgan fingerprint density at radius 2 is 1.55 bits per heavy atom. The first-order chi connectivity index (χ1) is 14.8. The first-order valence-corrected chi connectivity index (χ1v) is 11.7. The van der Waals surface area contributed by atoms with Crippen molar-refractivity contribution in [2.24, 2.45) is 5.92 Å². The maximum atomic E-state index is 10.1. The number of benzene rings is 2. The fourth-order valence-electron chi connectivity index (χ4n) is 4.23. The van der Waals surface area contributed by atoms with Crippen molar-refractivity contribution in [3.63, 3.8) is 0 Å². The Bertz CT molecular complexity index is 830. The van der Waals surface area contributed by atoms with Crippen LogP contribution in [0.2, 0.25) is 0 Å². The molecule has 3 nitrogen and oxygen atoms in total. The van der Waals surface area contributed by atoms with E-state index in [0.29, 0.717) is 5.56 Å². The van der Waals surface area contributed by atoms with Crippen molar-refractivity contribution < 1.29 is 15.3 Å². The van der Waals surface area contributed by atoms with Crippen molar-refractivity contribution in [3.8, 4) is 0 Å². The van der Waals surface area contributed by atoms with Gasteiger partial charge in [0, 0.05) is 5.56 Å². The molecule has 0 aliphatic rings. The predicted molar refractivity (Wildman–Crippen MR) is 130 cm³/mol. The first-order valence-electron chi connectivity index (χ1n) is 11.7. The lowest BCUT2D eigenvalue weighted by Gasteiger charge is -2.33. The van der Waals surface area contributed by atoms with Crippen LogP contribution in [0.4, 0.5) is 0 Å². The van der Waals surface area contributed by atoms with E-state index in [0.717, 1.165) is 32.1 Å². The highest BCUT2D eigenvalue weighted by Crippen LogP contribution is 2.37. The second kappa shape index (κ2) is 11.6. The third-order valence-corrected chi connectivity index (χ3v) is 6.82. The Morgan fingerprint density at radius 3 is 2.06 bits per heavy atom. The zero-order valence-electron chi connectivity index (χ0n) is 19.8. The molecular formula is C28H40O3. The lowest BCUT2D eigenvalue weighted by Crippen LogP contribution is -2.25. The molecule has 0 aliphatic heterocycles. The molecule has 2 aromatic carbocycles. The molecule has 0 heterocycles. The minimum absolute atomic E-state index is 0.110. The van der Waals surface area contributed by atoms with E-state index >= 15 is 0 Å². The van der Waals surface area contributed by atoms with Gasteiger partial charge in [-0.05, 0) is 65.7 Å². The third-order valence-electron chi connectivity index (χ3n) is 6.82. The van der Waals surface area contributed by atoms with Crippen LogP contribution in [0.5, 0.6) is 0 Å². The monoisotopic (exact) mass is 424 g/mol. The standard InChI is InChI=1S/C28H40O3/c1-6-22-19-25(15-13-23(22)14-16-26(29)20(4)5)28(7-2,8-3)18-17-21-9-11-24(12-10-21)27(30)31/h9-16,19-20,26-27,29-31H,6-8,17-18H2,1-5H3/b16-14+. The highest BCUT2D eigenvalue weighted by atomic mass is 16.5. The second-order valence-corrected chi connectivity index (χ2v) is 8.96. The molecule has 0 spiro atoms. The molecule has 0 radical (unpaired) electrons. The van der Waals surface area contributed by atoms with Crippen LogP contribution in [-0.4, -0.2) is 21.4 Å². The second-order valence-electron chi connectivity index (χ2n) is 8.96. The molecule has 2 rings (SSSR count). The molecule has 0 bridgehead atoms. The van der Waals surface area contributed by atoms with Crippen molar-refractivity contribution in [2.45, 2.75) is 84.5 Å². The Labute approximate surface area is 188 Å². The quantitative estimate of drug-likeness (QED) is 0.390. The van der Waals surface area contributed by atoms with Gasteiger partial charge in [0.25, 0.3) is 0 Å². The molecule has 0 saturated heterocycles. The maximum absolute atomic E-state index is 10.1. The van der Waals surface area contributed by atoms with E-state index in [4.69, 9.17) is 0 Å². The summed E-state index contributed by atoms with van der Waals surface area (Å²) in [6.45, 7) is 10.8. The summed E-state index contributed by atoms with van der Waals surface area (Å²) in [7, 11) is 0. The summed E-state index contributed by atoms with van der Waals surface area (Å²) in [5.41, 5.74) is 5.74. The number of aliphatic hydroxyl groups is 3. The van der Waals surface area contributed by atoms with E-state index in [1.54, 1.807) is 12.1 Å². The molecule has 0 aromatic heterocycles. The summed E-state index contributed by atoms with van der Waals surface area (Å²) in [6, 6.07) is 14.4. The van der Waals surface area contributed by atoms with E-state index in [9.17, 15) is 15.3 Å². The summed E-state index contributed by atoms with van der Waals surface area (Å²) in [5.74, 6) is 0.211.